The van der Waals surface area contributed by atoms with Crippen molar-refractivity contribution in [2.75, 3.05) is 46.1 Å². The van der Waals surface area contributed by atoms with Gasteiger partial charge in [-0.25, -0.2) is 0 Å². The average molecular weight is 242 g/mol. The van der Waals surface area contributed by atoms with Gasteiger partial charge in [-0.15, -0.1) is 0 Å². The van der Waals surface area contributed by atoms with Crippen LogP contribution in [0.15, 0.2) is 0 Å². The summed E-state index contributed by atoms with van der Waals surface area (Å²) in [6.45, 7) is 1.60. The van der Waals surface area contributed by atoms with Gasteiger partial charge in [-0.05, 0) is 0 Å². The summed E-state index contributed by atoms with van der Waals surface area (Å²) in [6, 6.07) is 0.0863. The minimum absolute atomic E-state index is 0.0655. The van der Waals surface area contributed by atoms with E-state index in [1.165, 1.54) is 0 Å². The van der Waals surface area contributed by atoms with E-state index in [0.717, 1.165) is 0 Å². The Morgan fingerprint density at radius 3 is 2.81 bits per heavy atom. The maximum atomic E-state index is 11.8. The molecular weight excluding hydrogens is 225 g/mol. The zero-order valence-corrected chi connectivity index (χ0v) is 9.00. The molecule has 16 heavy (non-hydrogen) atoms. The van der Waals surface area contributed by atoms with E-state index in [1.54, 1.807) is 0 Å². The van der Waals surface area contributed by atoms with Crippen LogP contribution in [-0.2, 0) is 9.47 Å². The van der Waals surface area contributed by atoms with E-state index in [0.29, 0.717) is 32.8 Å². The Balaban J connectivity index is 2.15. The smallest absolute Gasteiger partial charge is 0.378 e. The lowest BCUT2D eigenvalue weighted by molar-refractivity contribution is -0.175. The van der Waals surface area contributed by atoms with E-state index in [9.17, 15) is 13.2 Å². The Morgan fingerprint density at radius 1 is 1.44 bits per heavy atom. The van der Waals surface area contributed by atoms with Crippen LogP contribution in [-0.4, -0.2) is 63.2 Å². The summed E-state index contributed by atoms with van der Waals surface area (Å²) < 4.78 is 45.1. The van der Waals surface area contributed by atoms with Crippen LogP contribution in [0, 0.1) is 0 Å². The lowest BCUT2D eigenvalue weighted by atomic mass is 10.2. The van der Waals surface area contributed by atoms with Crippen molar-refractivity contribution in [1.82, 2.24) is 4.90 Å². The largest absolute Gasteiger partial charge is 0.411 e. The number of nitrogens with zero attached hydrogens (tertiary/aromatic N) is 1. The first-order chi connectivity index (χ1) is 7.53. The standard InChI is InChI=1S/C9H17F3N2O2/c10-9(11,12)7-16-4-2-14-1-3-15-6-8(14)5-13/h8H,1-7,13H2. The highest BCUT2D eigenvalue weighted by atomic mass is 19.4. The summed E-state index contributed by atoms with van der Waals surface area (Å²) >= 11 is 0. The topological polar surface area (TPSA) is 47.7 Å². The third-order valence-electron chi connectivity index (χ3n) is 2.41. The first-order valence-electron chi connectivity index (χ1n) is 5.19. The zero-order valence-electron chi connectivity index (χ0n) is 9.00. The van der Waals surface area contributed by atoms with Crippen molar-refractivity contribution >= 4 is 0 Å². The molecule has 0 saturated carbocycles. The molecule has 0 aromatic carbocycles. The van der Waals surface area contributed by atoms with Crippen molar-refractivity contribution in [3.8, 4) is 0 Å². The van der Waals surface area contributed by atoms with E-state index in [2.05, 4.69) is 4.74 Å². The molecule has 0 aromatic rings. The molecule has 0 bridgehead atoms. The van der Waals surface area contributed by atoms with Gasteiger partial charge in [-0.3, -0.25) is 4.90 Å². The summed E-state index contributed by atoms with van der Waals surface area (Å²) in [6.07, 6.45) is -4.25. The number of morpholine rings is 1. The maximum Gasteiger partial charge on any atom is 0.411 e. The van der Waals surface area contributed by atoms with Crippen molar-refractivity contribution in [2.24, 2.45) is 5.73 Å². The summed E-state index contributed by atoms with van der Waals surface area (Å²) in [7, 11) is 0. The SMILES string of the molecule is NCC1COCCN1CCOCC(F)(F)F. The van der Waals surface area contributed by atoms with Gasteiger partial charge in [0.25, 0.3) is 0 Å². The average Bonchev–Trinajstić information content (AvgIpc) is 2.23. The molecule has 0 radical (unpaired) electrons. The van der Waals surface area contributed by atoms with Gasteiger partial charge >= 0.3 is 6.18 Å². The number of hydrogen-bond acceptors (Lipinski definition) is 4. The van der Waals surface area contributed by atoms with Gasteiger partial charge in [0.15, 0.2) is 0 Å². The van der Waals surface area contributed by atoms with Crippen molar-refractivity contribution < 1.29 is 22.6 Å². The van der Waals surface area contributed by atoms with Gasteiger partial charge in [0, 0.05) is 25.7 Å². The predicted octanol–water partition coefficient (Wildman–Crippen LogP) is 0.225. The fraction of sp³-hybridized carbons (Fsp3) is 1.00. The Bertz CT molecular complexity index is 202. The fourth-order valence-corrected chi connectivity index (χ4v) is 1.57. The Morgan fingerprint density at radius 2 is 2.19 bits per heavy atom. The van der Waals surface area contributed by atoms with Crippen molar-refractivity contribution in [1.29, 1.82) is 0 Å². The molecule has 1 fully saturated rings. The molecule has 2 N–H and O–H groups in total. The highest BCUT2D eigenvalue weighted by Gasteiger charge is 2.28. The van der Waals surface area contributed by atoms with Crippen LogP contribution in [0.2, 0.25) is 0 Å². The van der Waals surface area contributed by atoms with E-state index >= 15 is 0 Å². The van der Waals surface area contributed by atoms with E-state index in [1.807, 2.05) is 4.90 Å². The summed E-state index contributed by atoms with van der Waals surface area (Å²) in [4.78, 5) is 2.00. The van der Waals surface area contributed by atoms with Gasteiger partial charge in [0.1, 0.15) is 6.61 Å². The van der Waals surface area contributed by atoms with Gasteiger partial charge in [-0.1, -0.05) is 0 Å². The molecule has 0 aromatic heterocycles. The van der Waals surface area contributed by atoms with Crippen molar-refractivity contribution in [2.45, 2.75) is 12.2 Å². The molecule has 0 spiro atoms. The maximum absolute atomic E-state index is 11.8. The van der Waals surface area contributed by atoms with E-state index in [-0.39, 0.29) is 12.6 Å². The van der Waals surface area contributed by atoms with Crippen LogP contribution >= 0.6 is 0 Å². The summed E-state index contributed by atoms with van der Waals surface area (Å²) in [5.74, 6) is 0. The lowest BCUT2D eigenvalue weighted by Crippen LogP contribution is -2.50. The molecule has 1 unspecified atom stereocenters. The number of rotatable bonds is 5. The van der Waals surface area contributed by atoms with Crippen LogP contribution in [0.1, 0.15) is 0 Å². The van der Waals surface area contributed by atoms with Crippen LogP contribution in [0.5, 0.6) is 0 Å². The Hall–Kier alpha value is -0.370. The molecule has 1 atom stereocenters. The van der Waals surface area contributed by atoms with E-state index in [4.69, 9.17) is 10.5 Å². The molecule has 4 nitrogen and oxygen atoms in total. The third-order valence-corrected chi connectivity index (χ3v) is 2.41. The quantitative estimate of drug-likeness (QED) is 0.701. The minimum atomic E-state index is -4.25. The number of halogens is 3. The van der Waals surface area contributed by atoms with Crippen molar-refractivity contribution in [3.05, 3.63) is 0 Å². The van der Waals surface area contributed by atoms with Gasteiger partial charge < -0.3 is 15.2 Å². The second-order valence-electron chi connectivity index (χ2n) is 3.67. The highest BCUT2D eigenvalue weighted by Crippen LogP contribution is 2.14. The van der Waals surface area contributed by atoms with Crippen molar-refractivity contribution in [3.63, 3.8) is 0 Å². The molecule has 1 saturated heterocycles. The highest BCUT2D eigenvalue weighted by molar-refractivity contribution is 4.75. The second-order valence-corrected chi connectivity index (χ2v) is 3.67. The normalized spacial score (nSPS) is 23.6. The molecule has 7 heteroatoms. The third kappa shape index (κ3) is 5.11. The molecular formula is C9H17F3N2O2. The first kappa shape index (κ1) is 13.7. The summed E-state index contributed by atoms with van der Waals surface area (Å²) in [5.41, 5.74) is 5.52. The van der Waals surface area contributed by atoms with Gasteiger partial charge in [0.2, 0.25) is 0 Å². The van der Waals surface area contributed by atoms with Gasteiger partial charge in [0.05, 0.1) is 19.8 Å². The lowest BCUT2D eigenvalue weighted by Gasteiger charge is -2.34. The Labute approximate surface area is 92.5 Å². The molecule has 0 amide bonds. The van der Waals surface area contributed by atoms with Crippen LogP contribution in [0.3, 0.4) is 0 Å². The van der Waals surface area contributed by atoms with Crippen LogP contribution in [0.4, 0.5) is 13.2 Å². The number of ether oxygens (including phenoxy) is 2. The monoisotopic (exact) mass is 242 g/mol. The molecule has 1 aliphatic heterocycles. The molecule has 96 valence electrons. The predicted molar refractivity (Wildman–Crippen MR) is 52.1 cm³/mol. The number of alkyl halides is 3. The summed E-state index contributed by atoms with van der Waals surface area (Å²) in [5, 5.41) is 0. The fourth-order valence-electron chi connectivity index (χ4n) is 1.57. The molecule has 1 rings (SSSR count). The van der Waals surface area contributed by atoms with Crippen LogP contribution < -0.4 is 5.73 Å². The number of nitrogens with two attached hydrogens (primary N) is 1. The Kier molecular flexibility index (Phi) is 5.47. The van der Waals surface area contributed by atoms with E-state index < -0.39 is 12.8 Å². The first-order valence-corrected chi connectivity index (χ1v) is 5.19. The van der Waals surface area contributed by atoms with Gasteiger partial charge in [-0.2, -0.15) is 13.2 Å². The number of hydrogen-bond donors (Lipinski definition) is 1. The minimum Gasteiger partial charge on any atom is -0.378 e. The van der Waals surface area contributed by atoms with Crippen LogP contribution in [0.25, 0.3) is 0 Å². The second kappa shape index (κ2) is 6.39. The molecule has 0 aliphatic carbocycles. The molecule has 1 aliphatic rings. The molecule has 1 heterocycles. The zero-order chi connectivity index (χ0) is 12.0.